The van der Waals surface area contributed by atoms with E-state index in [1.807, 2.05) is 0 Å². The van der Waals surface area contributed by atoms with Crippen LogP contribution in [0.1, 0.15) is 70.6 Å². The fourth-order valence-electron chi connectivity index (χ4n) is 3.08. The highest BCUT2D eigenvalue weighted by atomic mass is 19.4. The Morgan fingerprint density at radius 3 is 1.32 bits per heavy atom. The standard InChI is InChI=1S/C16H24F6/c17-15(18,19)12-14(16(20,21)22)13-10-8-6-4-2-1-3-5-7-9-11-13/h12-13H,1-11H2/b14-12-. The van der Waals surface area contributed by atoms with Crippen LogP contribution in [0.15, 0.2) is 11.6 Å². The number of rotatable bonds is 1. The first-order valence-corrected chi connectivity index (χ1v) is 8.07. The number of halogens is 6. The normalized spacial score (nSPS) is 22.0. The van der Waals surface area contributed by atoms with Gasteiger partial charge in [0.05, 0.1) is 0 Å². The summed E-state index contributed by atoms with van der Waals surface area (Å²) in [5.41, 5.74) is -1.39. The summed E-state index contributed by atoms with van der Waals surface area (Å²) in [7, 11) is 0. The van der Waals surface area contributed by atoms with Gasteiger partial charge in [-0.05, 0) is 18.8 Å². The van der Waals surface area contributed by atoms with Gasteiger partial charge in [-0.1, -0.05) is 57.8 Å². The van der Waals surface area contributed by atoms with Crippen molar-refractivity contribution in [3.8, 4) is 0 Å². The monoisotopic (exact) mass is 330 g/mol. The highest BCUT2D eigenvalue weighted by molar-refractivity contribution is 5.15. The van der Waals surface area contributed by atoms with E-state index in [1.54, 1.807) is 0 Å². The number of allylic oxidation sites excluding steroid dienone is 2. The van der Waals surface area contributed by atoms with E-state index in [-0.39, 0.29) is 12.8 Å². The highest BCUT2D eigenvalue weighted by Gasteiger charge is 2.41. The van der Waals surface area contributed by atoms with Gasteiger partial charge in [-0.15, -0.1) is 0 Å². The molecule has 6 heteroatoms. The van der Waals surface area contributed by atoms with Crippen LogP contribution in [0, 0.1) is 5.92 Å². The molecule has 0 N–H and O–H groups in total. The Bertz CT molecular complexity index is 328. The Hall–Kier alpha value is -0.680. The van der Waals surface area contributed by atoms with Crippen molar-refractivity contribution in [2.24, 2.45) is 5.92 Å². The molecule has 0 nitrogen and oxygen atoms in total. The minimum atomic E-state index is -4.92. The maximum absolute atomic E-state index is 13.0. The molecule has 1 rings (SSSR count). The molecule has 0 amide bonds. The van der Waals surface area contributed by atoms with Crippen LogP contribution in [-0.4, -0.2) is 12.4 Å². The molecule has 0 aromatic carbocycles. The summed E-state index contributed by atoms with van der Waals surface area (Å²) in [5, 5.41) is 0. The predicted molar refractivity (Wildman–Crippen MR) is 74.5 cm³/mol. The maximum Gasteiger partial charge on any atom is 0.412 e. The summed E-state index contributed by atoms with van der Waals surface area (Å²) in [6, 6.07) is 0. The molecule has 22 heavy (non-hydrogen) atoms. The molecule has 0 bridgehead atoms. The fraction of sp³-hybridized carbons (Fsp3) is 0.875. The van der Waals surface area contributed by atoms with E-state index >= 15 is 0 Å². The summed E-state index contributed by atoms with van der Waals surface area (Å²) in [6.45, 7) is 0. The molecule has 0 radical (unpaired) electrons. The van der Waals surface area contributed by atoms with Crippen molar-refractivity contribution in [2.75, 3.05) is 0 Å². The lowest BCUT2D eigenvalue weighted by atomic mass is 9.86. The van der Waals surface area contributed by atoms with Gasteiger partial charge in [0, 0.05) is 11.6 Å². The molecular weight excluding hydrogens is 306 g/mol. The second-order valence-corrected chi connectivity index (χ2v) is 6.10. The first-order chi connectivity index (χ1) is 10.2. The minimum Gasteiger partial charge on any atom is -0.167 e. The maximum atomic E-state index is 13.0. The van der Waals surface area contributed by atoms with Crippen molar-refractivity contribution in [3.05, 3.63) is 11.6 Å². The van der Waals surface area contributed by atoms with Gasteiger partial charge in [0.2, 0.25) is 0 Å². The van der Waals surface area contributed by atoms with Crippen LogP contribution >= 0.6 is 0 Å². The Balaban J connectivity index is 2.84. The van der Waals surface area contributed by atoms with Crippen molar-refractivity contribution < 1.29 is 26.3 Å². The van der Waals surface area contributed by atoms with E-state index in [4.69, 9.17) is 0 Å². The SMILES string of the molecule is FC(F)(F)/C=C(/C1CCCCCCCCCCC1)C(F)(F)F. The van der Waals surface area contributed by atoms with Gasteiger partial charge < -0.3 is 0 Å². The number of hydrogen-bond acceptors (Lipinski definition) is 0. The summed E-state index contributed by atoms with van der Waals surface area (Å²) in [4.78, 5) is 0. The zero-order valence-electron chi connectivity index (χ0n) is 12.7. The van der Waals surface area contributed by atoms with E-state index in [0.717, 1.165) is 44.9 Å². The lowest BCUT2D eigenvalue weighted by Crippen LogP contribution is -2.23. The quantitative estimate of drug-likeness (QED) is 0.360. The van der Waals surface area contributed by atoms with Gasteiger partial charge >= 0.3 is 12.4 Å². The van der Waals surface area contributed by atoms with Crippen LogP contribution in [0.2, 0.25) is 0 Å². The molecule has 0 saturated heterocycles. The van der Waals surface area contributed by atoms with Gasteiger partial charge in [-0.2, -0.15) is 26.3 Å². The van der Waals surface area contributed by atoms with Gasteiger partial charge in [0.25, 0.3) is 0 Å². The number of hydrogen-bond donors (Lipinski definition) is 0. The topological polar surface area (TPSA) is 0 Å². The molecule has 0 unspecified atom stereocenters. The third-order valence-electron chi connectivity index (χ3n) is 4.19. The Morgan fingerprint density at radius 1 is 0.636 bits per heavy atom. The number of alkyl halides is 6. The van der Waals surface area contributed by atoms with Crippen molar-refractivity contribution in [3.63, 3.8) is 0 Å². The van der Waals surface area contributed by atoms with Crippen LogP contribution in [0.25, 0.3) is 0 Å². The van der Waals surface area contributed by atoms with Crippen molar-refractivity contribution in [1.29, 1.82) is 0 Å². The second kappa shape index (κ2) is 8.82. The smallest absolute Gasteiger partial charge is 0.167 e. The lowest BCUT2D eigenvalue weighted by molar-refractivity contribution is -0.114. The molecule has 0 spiro atoms. The molecular formula is C16H24F6. The summed E-state index contributed by atoms with van der Waals surface area (Å²) in [5.74, 6) is -1.03. The third kappa shape index (κ3) is 8.08. The molecule has 1 saturated carbocycles. The molecule has 1 aliphatic rings. The van der Waals surface area contributed by atoms with E-state index in [9.17, 15) is 26.3 Å². The first kappa shape index (κ1) is 19.4. The Morgan fingerprint density at radius 2 is 1.00 bits per heavy atom. The van der Waals surface area contributed by atoms with E-state index in [0.29, 0.717) is 12.8 Å². The van der Waals surface area contributed by atoms with Crippen molar-refractivity contribution in [2.45, 2.75) is 83.0 Å². The van der Waals surface area contributed by atoms with Crippen LogP contribution in [0.3, 0.4) is 0 Å². The minimum absolute atomic E-state index is 0.196. The third-order valence-corrected chi connectivity index (χ3v) is 4.19. The molecule has 130 valence electrons. The first-order valence-electron chi connectivity index (χ1n) is 8.07. The second-order valence-electron chi connectivity index (χ2n) is 6.10. The molecule has 0 atom stereocenters. The zero-order valence-corrected chi connectivity index (χ0v) is 12.7. The van der Waals surface area contributed by atoms with Crippen LogP contribution in [0.4, 0.5) is 26.3 Å². The molecule has 0 heterocycles. The van der Waals surface area contributed by atoms with Gasteiger partial charge in [0.15, 0.2) is 0 Å². The van der Waals surface area contributed by atoms with Gasteiger partial charge in [-0.3, -0.25) is 0 Å². The average molecular weight is 330 g/mol. The summed E-state index contributed by atoms with van der Waals surface area (Å²) >= 11 is 0. The highest BCUT2D eigenvalue weighted by Crippen LogP contribution is 2.39. The molecule has 0 aromatic rings. The Labute approximate surface area is 128 Å². The van der Waals surface area contributed by atoms with E-state index in [2.05, 4.69) is 0 Å². The van der Waals surface area contributed by atoms with Gasteiger partial charge in [-0.25, -0.2) is 0 Å². The summed E-state index contributed by atoms with van der Waals surface area (Å²) in [6.07, 6.45) is -2.05. The van der Waals surface area contributed by atoms with Crippen LogP contribution < -0.4 is 0 Å². The Kier molecular flexibility index (Phi) is 7.77. The van der Waals surface area contributed by atoms with Crippen molar-refractivity contribution in [1.82, 2.24) is 0 Å². The lowest BCUT2D eigenvalue weighted by Gasteiger charge is -2.24. The molecule has 0 aromatic heterocycles. The van der Waals surface area contributed by atoms with Crippen LogP contribution in [-0.2, 0) is 0 Å². The van der Waals surface area contributed by atoms with E-state index < -0.39 is 29.9 Å². The summed E-state index contributed by atoms with van der Waals surface area (Å²) < 4.78 is 76.5. The largest absolute Gasteiger partial charge is 0.412 e. The van der Waals surface area contributed by atoms with Crippen LogP contribution in [0.5, 0.6) is 0 Å². The molecule has 1 fully saturated rings. The van der Waals surface area contributed by atoms with E-state index in [1.165, 1.54) is 0 Å². The van der Waals surface area contributed by atoms with Gasteiger partial charge in [0.1, 0.15) is 0 Å². The zero-order chi connectivity index (χ0) is 16.6. The average Bonchev–Trinajstić information content (AvgIpc) is 2.35. The fourth-order valence-corrected chi connectivity index (χ4v) is 3.08. The molecule has 1 aliphatic carbocycles. The predicted octanol–water partition coefficient (Wildman–Crippen LogP) is 6.96. The van der Waals surface area contributed by atoms with Crippen molar-refractivity contribution >= 4 is 0 Å². The molecule has 0 aliphatic heterocycles.